The fraction of sp³-hybridized carbons (Fsp3) is 0.125. The summed E-state index contributed by atoms with van der Waals surface area (Å²) in [6.45, 7) is 0. The molecule has 1 aliphatic rings. The zero-order valence-electron chi connectivity index (χ0n) is 12.9. The minimum absolute atomic E-state index is 0.00176. The molecule has 25 heavy (non-hydrogen) atoms. The van der Waals surface area contributed by atoms with Gasteiger partial charge in [0.05, 0.1) is 15.8 Å². The molecule has 0 bridgehead atoms. The highest BCUT2D eigenvalue weighted by atomic mass is 32.2. The SMILES string of the molecule is NS(=O)(=O)c1ccc(NC(=O)CC2Sc3ccccc3NC2=O)cc1. The topological polar surface area (TPSA) is 118 Å². The summed E-state index contributed by atoms with van der Waals surface area (Å²) in [4.78, 5) is 25.2. The molecule has 7 nitrogen and oxygen atoms in total. The van der Waals surface area contributed by atoms with Gasteiger partial charge >= 0.3 is 0 Å². The van der Waals surface area contributed by atoms with Gasteiger partial charge in [0, 0.05) is 17.0 Å². The van der Waals surface area contributed by atoms with Crippen LogP contribution in [0.3, 0.4) is 0 Å². The van der Waals surface area contributed by atoms with Crippen molar-refractivity contribution in [3.63, 3.8) is 0 Å². The van der Waals surface area contributed by atoms with Crippen molar-refractivity contribution < 1.29 is 18.0 Å². The van der Waals surface area contributed by atoms with Crippen LogP contribution in [0.15, 0.2) is 58.3 Å². The van der Waals surface area contributed by atoms with Crippen LogP contribution in [0.2, 0.25) is 0 Å². The predicted molar refractivity (Wildman–Crippen MR) is 95.8 cm³/mol. The van der Waals surface area contributed by atoms with E-state index in [1.165, 1.54) is 36.0 Å². The van der Waals surface area contributed by atoms with Crippen LogP contribution in [-0.4, -0.2) is 25.5 Å². The van der Waals surface area contributed by atoms with Crippen molar-refractivity contribution >= 4 is 45.0 Å². The number of anilines is 2. The van der Waals surface area contributed by atoms with Gasteiger partial charge in [-0.1, -0.05) is 12.1 Å². The van der Waals surface area contributed by atoms with Crippen molar-refractivity contribution in [1.29, 1.82) is 0 Å². The molecule has 0 aromatic heterocycles. The molecule has 3 rings (SSSR count). The number of rotatable bonds is 4. The predicted octanol–water partition coefficient (Wildman–Crippen LogP) is 1.78. The monoisotopic (exact) mass is 377 g/mol. The molecule has 0 saturated heterocycles. The average molecular weight is 377 g/mol. The van der Waals surface area contributed by atoms with Crippen LogP contribution < -0.4 is 15.8 Å². The Bertz CT molecular complexity index is 927. The molecule has 1 aliphatic heterocycles. The first-order valence-electron chi connectivity index (χ1n) is 7.32. The summed E-state index contributed by atoms with van der Waals surface area (Å²) in [7, 11) is -3.78. The molecule has 1 atom stereocenters. The first-order chi connectivity index (χ1) is 11.8. The van der Waals surface area contributed by atoms with E-state index in [4.69, 9.17) is 5.14 Å². The highest BCUT2D eigenvalue weighted by molar-refractivity contribution is 8.01. The first kappa shape index (κ1) is 17.5. The zero-order chi connectivity index (χ0) is 18.0. The van der Waals surface area contributed by atoms with Crippen LogP contribution in [-0.2, 0) is 19.6 Å². The van der Waals surface area contributed by atoms with Crippen LogP contribution in [0.1, 0.15) is 6.42 Å². The number of nitrogens with two attached hydrogens (primary N) is 1. The maximum absolute atomic E-state index is 12.2. The smallest absolute Gasteiger partial charge is 0.238 e. The minimum Gasteiger partial charge on any atom is -0.326 e. The summed E-state index contributed by atoms with van der Waals surface area (Å²) in [6.07, 6.45) is 0.00176. The Labute approximate surface area is 149 Å². The molecule has 130 valence electrons. The van der Waals surface area contributed by atoms with Gasteiger partial charge in [-0.25, -0.2) is 13.6 Å². The second-order valence-corrected chi connectivity index (χ2v) is 8.22. The van der Waals surface area contributed by atoms with Gasteiger partial charge in [-0.2, -0.15) is 0 Å². The number of amides is 2. The van der Waals surface area contributed by atoms with E-state index in [2.05, 4.69) is 10.6 Å². The van der Waals surface area contributed by atoms with Gasteiger partial charge in [0.25, 0.3) is 0 Å². The number of nitrogens with one attached hydrogen (secondary N) is 2. The minimum atomic E-state index is -3.78. The second-order valence-electron chi connectivity index (χ2n) is 5.41. The van der Waals surface area contributed by atoms with E-state index in [9.17, 15) is 18.0 Å². The molecule has 2 aromatic rings. The van der Waals surface area contributed by atoms with Crippen molar-refractivity contribution in [2.24, 2.45) is 5.14 Å². The van der Waals surface area contributed by atoms with Crippen LogP contribution in [0.25, 0.3) is 0 Å². The maximum atomic E-state index is 12.2. The van der Waals surface area contributed by atoms with Crippen LogP contribution in [0.4, 0.5) is 11.4 Å². The molecule has 1 heterocycles. The Morgan fingerprint density at radius 2 is 1.84 bits per heavy atom. The quantitative estimate of drug-likeness (QED) is 0.750. The molecule has 4 N–H and O–H groups in total. The third-order valence-electron chi connectivity index (χ3n) is 3.54. The number of fused-ring (bicyclic) bond motifs is 1. The van der Waals surface area contributed by atoms with Gasteiger partial charge in [0.2, 0.25) is 21.8 Å². The molecule has 0 fully saturated rings. The number of hydrogen-bond acceptors (Lipinski definition) is 5. The third-order valence-corrected chi connectivity index (χ3v) is 5.75. The molecule has 0 spiro atoms. The molecule has 0 aliphatic carbocycles. The van der Waals surface area contributed by atoms with Crippen molar-refractivity contribution in [2.75, 3.05) is 10.6 Å². The van der Waals surface area contributed by atoms with E-state index in [-0.39, 0.29) is 23.1 Å². The number of carbonyl (C=O) groups is 2. The normalized spacial score (nSPS) is 16.7. The number of carbonyl (C=O) groups excluding carboxylic acids is 2. The van der Waals surface area contributed by atoms with Gasteiger partial charge in [-0.05, 0) is 36.4 Å². The molecule has 1 unspecified atom stereocenters. The Hall–Kier alpha value is -2.36. The lowest BCUT2D eigenvalue weighted by atomic mass is 10.2. The van der Waals surface area contributed by atoms with Gasteiger partial charge in [0.15, 0.2) is 0 Å². The fourth-order valence-corrected chi connectivity index (χ4v) is 3.96. The number of para-hydroxylation sites is 1. The fourth-order valence-electron chi connectivity index (χ4n) is 2.34. The first-order valence-corrected chi connectivity index (χ1v) is 9.75. The van der Waals surface area contributed by atoms with Crippen molar-refractivity contribution in [1.82, 2.24) is 0 Å². The van der Waals surface area contributed by atoms with Crippen molar-refractivity contribution in [2.45, 2.75) is 21.5 Å². The lowest BCUT2D eigenvalue weighted by Crippen LogP contribution is -2.32. The Kier molecular flexibility index (Phi) is 4.80. The van der Waals surface area contributed by atoms with Crippen LogP contribution in [0.5, 0.6) is 0 Å². The van der Waals surface area contributed by atoms with Crippen molar-refractivity contribution in [3.8, 4) is 0 Å². The van der Waals surface area contributed by atoms with Crippen LogP contribution in [0, 0.1) is 0 Å². The number of hydrogen-bond donors (Lipinski definition) is 3. The highest BCUT2D eigenvalue weighted by Crippen LogP contribution is 2.36. The molecule has 0 radical (unpaired) electrons. The number of sulfonamides is 1. The van der Waals surface area contributed by atoms with E-state index in [0.717, 1.165) is 10.6 Å². The summed E-state index contributed by atoms with van der Waals surface area (Å²) < 4.78 is 22.4. The van der Waals surface area contributed by atoms with Crippen molar-refractivity contribution in [3.05, 3.63) is 48.5 Å². The Morgan fingerprint density at radius 1 is 1.16 bits per heavy atom. The van der Waals surface area contributed by atoms with Gasteiger partial charge in [-0.3, -0.25) is 9.59 Å². The lowest BCUT2D eigenvalue weighted by Gasteiger charge is -2.23. The number of thioether (sulfide) groups is 1. The van der Waals surface area contributed by atoms with Crippen LogP contribution >= 0.6 is 11.8 Å². The molecule has 2 aromatic carbocycles. The number of primary sulfonamides is 1. The van der Waals surface area contributed by atoms with Gasteiger partial charge in [-0.15, -0.1) is 11.8 Å². The Morgan fingerprint density at radius 3 is 2.52 bits per heavy atom. The summed E-state index contributed by atoms with van der Waals surface area (Å²) in [5, 5.41) is 9.92. The van der Waals surface area contributed by atoms with Gasteiger partial charge < -0.3 is 10.6 Å². The second kappa shape index (κ2) is 6.87. The summed E-state index contributed by atoms with van der Waals surface area (Å²) in [5.41, 5.74) is 1.17. The van der Waals surface area contributed by atoms with E-state index in [1.54, 1.807) is 0 Å². The summed E-state index contributed by atoms with van der Waals surface area (Å²) >= 11 is 1.34. The standard InChI is InChI=1S/C16H15N3O4S2/c17-25(22,23)11-7-5-10(6-8-11)18-15(20)9-14-16(21)19-12-3-1-2-4-13(12)24-14/h1-8,14H,9H2,(H,18,20)(H,19,21)(H2,17,22,23). The lowest BCUT2D eigenvalue weighted by molar-refractivity contribution is -0.120. The third kappa shape index (κ3) is 4.19. The molecule has 9 heteroatoms. The van der Waals surface area contributed by atoms with E-state index < -0.39 is 15.3 Å². The van der Waals surface area contributed by atoms with E-state index in [0.29, 0.717) is 5.69 Å². The largest absolute Gasteiger partial charge is 0.326 e. The zero-order valence-corrected chi connectivity index (χ0v) is 14.6. The molecular formula is C16H15N3O4S2. The average Bonchev–Trinajstić information content (AvgIpc) is 2.55. The summed E-state index contributed by atoms with van der Waals surface area (Å²) in [5.74, 6) is -0.557. The van der Waals surface area contributed by atoms with E-state index >= 15 is 0 Å². The molecular weight excluding hydrogens is 362 g/mol. The maximum Gasteiger partial charge on any atom is 0.238 e. The number of benzene rings is 2. The molecule has 0 saturated carbocycles. The molecule has 2 amide bonds. The Balaban J connectivity index is 1.64. The highest BCUT2D eigenvalue weighted by Gasteiger charge is 2.28. The summed E-state index contributed by atoms with van der Waals surface area (Å²) in [6, 6.07) is 12.9. The van der Waals surface area contributed by atoms with E-state index in [1.807, 2.05) is 24.3 Å². The van der Waals surface area contributed by atoms with Gasteiger partial charge in [0.1, 0.15) is 0 Å².